The van der Waals surface area contributed by atoms with E-state index in [1.165, 1.54) is 250 Å². The molecule has 452 valence electrons. The van der Waals surface area contributed by atoms with E-state index < -0.39 is 6.10 Å². The summed E-state index contributed by atoms with van der Waals surface area (Å²) in [6.45, 7) is 6.67. The van der Waals surface area contributed by atoms with Crippen molar-refractivity contribution in [3.8, 4) is 0 Å². The molecule has 0 heterocycles. The Bertz CT molecular complexity index is 1290. The van der Waals surface area contributed by atoms with Gasteiger partial charge in [-0.1, -0.05) is 320 Å². The fourth-order valence-electron chi connectivity index (χ4n) is 10.4. The smallest absolute Gasteiger partial charge is 0.306 e. The van der Waals surface area contributed by atoms with Crippen molar-refractivity contribution in [1.82, 2.24) is 0 Å². The van der Waals surface area contributed by atoms with Gasteiger partial charge in [0.2, 0.25) is 0 Å². The highest BCUT2D eigenvalue weighted by Gasteiger charge is 2.19. The Kier molecular flexibility index (Phi) is 64.1. The highest BCUT2D eigenvalue weighted by molar-refractivity contribution is 5.71. The zero-order valence-corrected chi connectivity index (χ0v) is 52.0. The molecular formula is C71H132O6. The molecule has 0 aromatic heterocycles. The van der Waals surface area contributed by atoms with Crippen molar-refractivity contribution in [3.05, 3.63) is 36.5 Å². The van der Waals surface area contributed by atoms with Crippen LogP contribution in [0.3, 0.4) is 0 Å². The minimum Gasteiger partial charge on any atom is -0.462 e. The molecule has 0 aliphatic rings. The largest absolute Gasteiger partial charge is 0.462 e. The second-order valence-corrected chi connectivity index (χ2v) is 23.4. The van der Waals surface area contributed by atoms with E-state index in [0.29, 0.717) is 19.3 Å². The number of unbranched alkanes of at least 4 members (excludes halogenated alkanes) is 47. The Balaban J connectivity index is 4.24. The van der Waals surface area contributed by atoms with Crippen molar-refractivity contribution < 1.29 is 28.6 Å². The van der Waals surface area contributed by atoms with Crippen LogP contribution < -0.4 is 0 Å². The van der Waals surface area contributed by atoms with Crippen LogP contribution in [0.2, 0.25) is 0 Å². The van der Waals surface area contributed by atoms with Crippen LogP contribution in [0, 0.1) is 0 Å². The predicted octanol–water partition coefficient (Wildman–Crippen LogP) is 23.6. The highest BCUT2D eigenvalue weighted by atomic mass is 16.6. The fraction of sp³-hybridized carbons (Fsp3) is 0.873. The number of esters is 3. The average molecular weight is 1080 g/mol. The van der Waals surface area contributed by atoms with Crippen LogP contribution in [0.15, 0.2) is 36.5 Å². The molecule has 0 aromatic rings. The molecule has 1 unspecified atom stereocenters. The van der Waals surface area contributed by atoms with E-state index in [-0.39, 0.29) is 31.1 Å². The molecule has 0 saturated heterocycles. The molecule has 0 fully saturated rings. The van der Waals surface area contributed by atoms with Crippen LogP contribution >= 0.6 is 0 Å². The molecule has 0 aliphatic carbocycles. The van der Waals surface area contributed by atoms with Crippen LogP contribution in [0.25, 0.3) is 0 Å². The van der Waals surface area contributed by atoms with E-state index in [9.17, 15) is 14.4 Å². The van der Waals surface area contributed by atoms with Gasteiger partial charge in [0.1, 0.15) is 13.2 Å². The van der Waals surface area contributed by atoms with Crippen molar-refractivity contribution in [3.63, 3.8) is 0 Å². The Labute approximate surface area is 480 Å². The standard InChI is InChI=1S/C71H132O6/c1-4-7-10-13-16-19-22-25-28-31-32-33-34-35-36-37-38-39-40-41-44-46-49-52-55-58-61-64-70(73)76-67-68(77-71(74)65-62-59-56-53-50-47-43-30-27-24-21-18-15-12-9-6-3)66-75-69(72)63-60-57-54-51-48-45-42-29-26-23-20-17-14-11-8-5-2/h21,24,29-30,42-43,68H,4-20,22-23,25-28,31-41,44-67H2,1-3H3/b24-21-,42-29-,43-30-. The van der Waals surface area contributed by atoms with E-state index in [1.807, 2.05) is 0 Å². The third-order valence-corrected chi connectivity index (χ3v) is 15.6. The van der Waals surface area contributed by atoms with Gasteiger partial charge >= 0.3 is 17.9 Å². The summed E-state index contributed by atoms with van der Waals surface area (Å²) in [5.41, 5.74) is 0. The zero-order chi connectivity index (χ0) is 55.7. The maximum absolute atomic E-state index is 12.9. The van der Waals surface area contributed by atoms with Gasteiger partial charge in [-0.3, -0.25) is 14.4 Å². The monoisotopic (exact) mass is 1080 g/mol. The number of rotatable bonds is 64. The summed E-state index contributed by atoms with van der Waals surface area (Å²) in [7, 11) is 0. The summed E-state index contributed by atoms with van der Waals surface area (Å²) in [6.07, 6.45) is 81.7. The fourth-order valence-corrected chi connectivity index (χ4v) is 10.4. The van der Waals surface area contributed by atoms with Gasteiger partial charge in [0.25, 0.3) is 0 Å². The molecule has 6 heteroatoms. The van der Waals surface area contributed by atoms with Gasteiger partial charge in [0.15, 0.2) is 6.10 Å². The lowest BCUT2D eigenvalue weighted by atomic mass is 10.0. The lowest BCUT2D eigenvalue weighted by molar-refractivity contribution is -0.167. The minimum atomic E-state index is -0.782. The number of allylic oxidation sites excluding steroid dienone is 6. The van der Waals surface area contributed by atoms with Crippen LogP contribution in [0.1, 0.15) is 380 Å². The summed E-state index contributed by atoms with van der Waals surface area (Å²) in [4.78, 5) is 38.4. The third kappa shape index (κ3) is 64.3. The summed E-state index contributed by atoms with van der Waals surface area (Å²) < 4.78 is 17.0. The van der Waals surface area contributed by atoms with E-state index in [4.69, 9.17) is 14.2 Å². The maximum atomic E-state index is 12.9. The van der Waals surface area contributed by atoms with Crippen molar-refractivity contribution in [2.75, 3.05) is 13.2 Å². The topological polar surface area (TPSA) is 78.9 Å². The van der Waals surface area contributed by atoms with Gasteiger partial charge < -0.3 is 14.2 Å². The molecule has 0 N–H and O–H groups in total. The van der Waals surface area contributed by atoms with Gasteiger partial charge in [0.05, 0.1) is 0 Å². The second-order valence-electron chi connectivity index (χ2n) is 23.4. The van der Waals surface area contributed by atoms with Gasteiger partial charge in [-0.25, -0.2) is 0 Å². The molecule has 77 heavy (non-hydrogen) atoms. The Morgan fingerprint density at radius 3 is 0.740 bits per heavy atom. The lowest BCUT2D eigenvalue weighted by Crippen LogP contribution is -2.30. The molecular weight excluding hydrogens is 949 g/mol. The Morgan fingerprint density at radius 2 is 0.468 bits per heavy atom. The molecule has 0 saturated carbocycles. The number of hydrogen-bond acceptors (Lipinski definition) is 6. The number of carbonyl (C=O) groups is 3. The van der Waals surface area contributed by atoms with Gasteiger partial charge in [-0.05, 0) is 77.0 Å². The second kappa shape index (κ2) is 66.1. The van der Waals surface area contributed by atoms with E-state index in [1.54, 1.807) is 0 Å². The van der Waals surface area contributed by atoms with Crippen molar-refractivity contribution in [1.29, 1.82) is 0 Å². The molecule has 0 radical (unpaired) electrons. The van der Waals surface area contributed by atoms with E-state index in [0.717, 1.165) is 89.9 Å². The SMILES string of the molecule is CCCCCC/C=C\C/C=C\CCCCCCCC(=O)OC(COC(=O)CCCCCCC/C=C\CCCCCCCCC)COC(=O)CCCCCCCCCCCCCCCCCCCCCCCCCCCCC. The van der Waals surface area contributed by atoms with Gasteiger partial charge in [-0.2, -0.15) is 0 Å². The molecule has 0 spiro atoms. The average Bonchev–Trinajstić information content (AvgIpc) is 3.43. The first-order chi connectivity index (χ1) is 38.0. The third-order valence-electron chi connectivity index (χ3n) is 15.6. The van der Waals surface area contributed by atoms with Crippen molar-refractivity contribution in [2.24, 2.45) is 0 Å². The van der Waals surface area contributed by atoms with E-state index in [2.05, 4.69) is 57.2 Å². The first-order valence-electron chi connectivity index (χ1n) is 34.5. The molecule has 1 atom stereocenters. The maximum Gasteiger partial charge on any atom is 0.306 e. The van der Waals surface area contributed by atoms with E-state index >= 15 is 0 Å². The summed E-state index contributed by atoms with van der Waals surface area (Å²) in [5, 5.41) is 0. The van der Waals surface area contributed by atoms with Crippen LogP contribution in [-0.4, -0.2) is 37.2 Å². The molecule has 0 aliphatic heterocycles. The zero-order valence-electron chi connectivity index (χ0n) is 52.0. The number of carbonyl (C=O) groups excluding carboxylic acids is 3. The van der Waals surface area contributed by atoms with Gasteiger partial charge in [-0.15, -0.1) is 0 Å². The van der Waals surface area contributed by atoms with Crippen LogP contribution in [-0.2, 0) is 28.6 Å². The minimum absolute atomic E-state index is 0.0763. The van der Waals surface area contributed by atoms with Crippen LogP contribution in [0.5, 0.6) is 0 Å². The summed E-state index contributed by atoms with van der Waals surface area (Å²) >= 11 is 0. The first kappa shape index (κ1) is 74.6. The first-order valence-corrected chi connectivity index (χ1v) is 34.5. The number of hydrogen-bond donors (Lipinski definition) is 0. The lowest BCUT2D eigenvalue weighted by Gasteiger charge is -2.18. The highest BCUT2D eigenvalue weighted by Crippen LogP contribution is 2.18. The molecule has 6 nitrogen and oxygen atoms in total. The quantitative estimate of drug-likeness (QED) is 0.0261. The van der Waals surface area contributed by atoms with Gasteiger partial charge in [0, 0.05) is 19.3 Å². The molecule has 0 aromatic carbocycles. The predicted molar refractivity (Wildman–Crippen MR) is 335 cm³/mol. The van der Waals surface area contributed by atoms with Crippen molar-refractivity contribution in [2.45, 2.75) is 386 Å². The molecule has 0 amide bonds. The normalized spacial score (nSPS) is 12.2. The Morgan fingerprint density at radius 1 is 0.260 bits per heavy atom. The summed E-state index contributed by atoms with van der Waals surface area (Å²) in [5.74, 6) is -0.873. The summed E-state index contributed by atoms with van der Waals surface area (Å²) in [6, 6.07) is 0. The van der Waals surface area contributed by atoms with Crippen molar-refractivity contribution >= 4 is 17.9 Å². The number of ether oxygens (including phenoxy) is 3. The molecule has 0 rings (SSSR count). The Hall–Kier alpha value is -2.37. The molecule has 0 bridgehead atoms. The van der Waals surface area contributed by atoms with Crippen LogP contribution in [0.4, 0.5) is 0 Å².